The number of pyridine rings is 1. The highest BCUT2D eigenvalue weighted by atomic mass is 16.3. The molecule has 0 aromatic carbocycles. The molecule has 3 aromatic rings. The second-order valence-electron chi connectivity index (χ2n) is 6.87. The predicted octanol–water partition coefficient (Wildman–Crippen LogP) is 2.95. The lowest BCUT2D eigenvalue weighted by molar-refractivity contribution is 0.0954. The van der Waals surface area contributed by atoms with Crippen molar-refractivity contribution < 1.29 is 9.21 Å². The number of hydrogen-bond donors (Lipinski definition) is 1. The third-order valence-corrected chi connectivity index (χ3v) is 4.14. The van der Waals surface area contributed by atoms with Gasteiger partial charge < -0.3 is 14.6 Å². The van der Waals surface area contributed by atoms with Gasteiger partial charge in [-0.2, -0.15) is 5.10 Å². The fourth-order valence-electron chi connectivity index (χ4n) is 2.83. The number of nitrogens with one attached hydrogen (secondary N) is 1. The van der Waals surface area contributed by atoms with Gasteiger partial charge in [-0.25, -0.2) is 9.67 Å². The van der Waals surface area contributed by atoms with E-state index in [1.807, 2.05) is 44.8 Å². The second kappa shape index (κ2) is 7.70. The van der Waals surface area contributed by atoms with E-state index in [-0.39, 0.29) is 11.9 Å². The zero-order valence-corrected chi connectivity index (χ0v) is 15.7. The first-order chi connectivity index (χ1) is 12.5. The molecular weight excluding hydrogens is 330 g/mol. The van der Waals surface area contributed by atoms with Crippen LogP contribution in [-0.4, -0.2) is 52.8 Å². The Labute approximate surface area is 153 Å². The van der Waals surface area contributed by atoms with Crippen molar-refractivity contribution in [1.82, 2.24) is 25.0 Å². The van der Waals surface area contributed by atoms with E-state index < -0.39 is 0 Å². The van der Waals surface area contributed by atoms with E-state index in [1.165, 1.54) is 0 Å². The smallest absolute Gasteiger partial charge is 0.252 e. The third kappa shape index (κ3) is 3.77. The van der Waals surface area contributed by atoms with Crippen molar-refractivity contribution in [2.24, 2.45) is 0 Å². The molecule has 0 aliphatic carbocycles. The molecule has 1 N–H and O–H groups in total. The Morgan fingerprint density at radius 3 is 2.85 bits per heavy atom. The molecule has 7 nitrogen and oxygen atoms in total. The summed E-state index contributed by atoms with van der Waals surface area (Å²) in [6, 6.07) is 5.56. The van der Waals surface area contributed by atoms with E-state index >= 15 is 0 Å². The van der Waals surface area contributed by atoms with E-state index in [0.29, 0.717) is 29.2 Å². The minimum Gasteiger partial charge on any atom is -0.463 e. The molecule has 3 rings (SSSR count). The van der Waals surface area contributed by atoms with Crippen LogP contribution < -0.4 is 5.32 Å². The lowest BCUT2D eigenvalue weighted by atomic mass is 10.1. The lowest BCUT2D eigenvalue weighted by Crippen LogP contribution is -2.27. The van der Waals surface area contributed by atoms with Crippen LogP contribution in [0.3, 0.4) is 0 Å². The summed E-state index contributed by atoms with van der Waals surface area (Å²) in [5.41, 5.74) is 1.88. The molecule has 0 saturated heterocycles. The minimum absolute atomic E-state index is 0.118. The van der Waals surface area contributed by atoms with Gasteiger partial charge in [0.25, 0.3) is 5.91 Å². The number of nitrogens with zero attached hydrogens (tertiary/aromatic N) is 4. The minimum atomic E-state index is -0.118. The van der Waals surface area contributed by atoms with Crippen LogP contribution in [0.25, 0.3) is 22.5 Å². The van der Waals surface area contributed by atoms with E-state index in [4.69, 9.17) is 4.42 Å². The van der Waals surface area contributed by atoms with E-state index in [9.17, 15) is 4.79 Å². The first kappa shape index (κ1) is 18.1. The van der Waals surface area contributed by atoms with Gasteiger partial charge in [-0.05, 0) is 59.1 Å². The molecule has 3 heterocycles. The zero-order valence-electron chi connectivity index (χ0n) is 15.7. The molecule has 3 aromatic heterocycles. The van der Waals surface area contributed by atoms with Crippen molar-refractivity contribution in [3.8, 4) is 11.5 Å². The third-order valence-electron chi connectivity index (χ3n) is 4.14. The number of aromatic nitrogens is 3. The van der Waals surface area contributed by atoms with Gasteiger partial charge in [0.1, 0.15) is 5.69 Å². The van der Waals surface area contributed by atoms with Crippen LogP contribution in [0.1, 0.15) is 36.7 Å². The van der Waals surface area contributed by atoms with Crippen LogP contribution in [0.2, 0.25) is 0 Å². The summed E-state index contributed by atoms with van der Waals surface area (Å²) >= 11 is 0. The highest BCUT2D eigenvalue weighted by molar-refractivity contribution is 6.06. The van der Waals surface area contributed by atoms with Crippen molar-refractivity contribution in [3.05, 3.63) is 36.2 Å². The molecule has 138 valence electrons. The Bertz CT molecular complexity index is 881. The summed E-state index contributed by atoms with van der Waals surface area (Å²) in [5, 5.41) is 8.16. The van der Waals surface area contributed by atoms with Gasteiger partial charge in [0, 0.05) is 12.6 Å². The Balaban J connectivity index is 1.96. The number of furan rings is 1. The fourth-order valence-corrected chi connectivity index (χ4v) is 2.83. The molecule has 1 amide bonds. The summed E-state index contributed by atoms with van der Waals surface area (Å²) < 4.78 is 7.30. The van der Waals surface area contributed by atoms with Crippen molar-refractivity contribution in [2.45, 2.75) is 26.3 Å². The van der Waals surface area contributed by atoms with Gasteiger partial charge in [-0.3, -0.25) is 4.79 Å². The monoisotopic (exact) mass is 355 g/mol. The molecule has 0 aliphatic heterocycles. The lowest BCUT2D eigenvalue weighted by Gasteiger charge is -2.11. The molecule has 0 bridgehead atoms. The topological polar surface area (TPSA) is 76.2 Å². The molecule has 0 saturated carbocycles. The summed E-state index contributed by atoms with van der Waals surface area (Å²) in [6.45, 7) is 5.62. The molecule has 0 atom stereocenters. The molecule has 0 aliphatic rings. The Morgan fingerprint density at radius 2 is 2.19 bits per heavy atom. The molecule has 0 spiro atoms. The molecule has 26 heavy (non-hydrogen) atoms. The van der Waals surface area contributed by atoms with Gasteiger partial charge in [0.15, 0.2) is 11.4 Å². The van der Waals surface area contributed by atoms with Gasteiger partial charge in [0.05, 0.1) is 23.4 Å². The van der Waals surface area contributed by atoms with E-state index in [0.717, 1.165) is 18.4 Å². The van der Waals surface area contributed by atoms with Crippen LogP contribution in [0.5, 0.6) is 0 Å². The van der Waals surface area contributed by atoms with Gasteiger partial charge >= 0.3 is 0 Å². The summed E-state index contributed by atoms with van der Waals surface area (Å²) in [5.74, 6) is 0.511. The quantitative estimate of drug-likeness (QED) is 0.660. The van der Waals surface area contributed by atoms with Crippen molar-refractivity contribution in [2.75, 3.05) is 27.2 Å². The summed E-state index contributed by atoms with van der Waals surface area (Å²) in [7, 11) is 4.04. The normalized spacial score (nSPS) is 11.6. The van der Waals surface area contributed by atoms with Crippen LogP contribution in [0.15, 0.2) is 35.1 Å². The number of amides is 1. The number of fused-ring (bicyclic) bond motifs is 1. The maximum absolute atomic E-state index is 12.8. The maximum atomic E-state index is 12.8. The predicted molar refractivity (Wildman–Crippen MR) is 101 cm³/mol. The number of rotatable bonds is 7. The van der Waals surface area contributed by atoms with Gasteiger partial charge in [0.2, 0.25) is 0 Å². The first-order valence-electron chi connectivity index (χ1n) is 8.82. The van der Waals surface area contributed by atoms with E-state index in [2.05, 4.69) is 20.3 Å². The SMILES string of the molecule is CC(C)n1ncc2c(C(=O)NCCCN(C)C)cc(-c3ccco3)nc21. The summed E-state index contributed by atoms with van der Waals surface area (Å²) in [4.78, 5) is 19.6. The fraction of sp³-hybridized carbons (Fsp3) is 0.421. The Kier molecular flexibility index (Phi) is 5.37. The standard InChI is InChI=1S/C19H25N5O2/c1-13(2)24-18-15(12-21-24)14(19(25)20-8-6-9-23(3)4)11-16(22-18)17-7-5-10-26-17/h5,7,10-13H,6,8-9H2,1-4H3,(H,20,25). The number of carbonyl (C=O) groups is 1. The highest BCUT2D eigenvalue weighted by Crippen LogP contribution is 2.26. The molecule has 7 heteroatoms. The Hall–Kier alpha value is -2.67. The van der Waals surface area contributed by atoms with Gasteiger partial charge in [-0.15, -0.1) is 0 Å². The van der Waals surface area contributed by atoms with Crippen LogP contribution in [0.4, 0.5) is 0 Å². The van der Waals surface area contributed by atoms with Crippen LogP contribution in [0, 0.1) is 0 Å². The van der Waals surface area contributed by atoms with Gasteiger partial charge in [-0.1, -0.05) is 0 Å². The largest absolute Gasteiger partial charge is 0.463 e. The Morgan fingerprint density at radius 1 is 1.38 bits per heavy atom. The number of carbonyl (C=O) groups excluding carboxylic acids is 1. The van der Waals surface area contributed by atoms with Crippen molar-refractivity contribution >= 4 is 16.9 Å². The average Bonchev–Trinajstić information content (AvgIpc) is 3.26. The molecule has 0 fully saturated rings. The first-order valence-corrected chi connectivity index (χ1v) is 8.82. The molecule has 0 radical (unpaired) electrons. The van der Waals surface area contributed by atoms with E-state index in [1.54, 1.807) is 18.5 Å². The van der Waals surface area contributed by atoms with Crippen LogP contribution >= 0.6 is 0 Å². The van der Waals surface area contributed by atoms with Crippen molar-refractivity contribution in [1.29, 1.82) is 0 Å². The average molecular weight is 355 g/mol. The summed E-state index contributed by atoms with van der Waals surface area (Å²) in [6.07, 6.45) is 4.20. The highest BCUT2D eigenvalue weighted by Gasteiger charge is 2.19. The molecular formula is C19H25N5O2. The maximum Gasteiger partial charge on any atom is 0.252 e. The van der Waals surface area contributed by atoms with Crippen molar-refractivity contribution in [3.63, 3.8) is 0 Å². The van der Waals surface area contributed by atoms with Crippen LogP contribution in [-0.2, 0) is 0 Å². The number of hydrogen-bond acceptors (Lipinski definition) is 5. The zero-order chi connectivity index (χ0) is 18.7. The second-order valence-corrected chi connectivity index (χ2v) is 6.87. The molecule has 0 unspecified atom stereocenters.